The molecule has 0 unspecified atom stereocenters. The van der Waals surface area contributed by atoms with E-state index in [9.17, 15) is 0 Å². The molecule has 56 heavy (non-hydrogen) atoms. The zero-order chi connectivity index (χ0) is 41.0. The van der Waals surface area contributed by atoms with Crippen LogP contribution < -0.4 is 0 Å². The van der Waals surface area contributed by atoms with Gasteiger partial charge in [0.25, 0.3) is 0 Å². The minimum atomic E-state index is -5.52. The Hall–Kier alpha value is -4.55. The fourth-order valence-electron chi connectivity index (χ4n) is 7.10. The average Bonchev–Trinajstić information content (AvgIpc) is 3.75. The number of H-pyrrole nitrogens is 1. The lowest BCUT2D eigenvalue weighted by atomic mass is 9.85. The van der Waals surface area contributed by atoms with Gasteiger partial charge in [0.1, 0.15) is 0 Å². The summed E-state index contributed by atoms with van der Waals surface area (Å²) in [5, 5.41) is 0. The van der Waals surface area contributed by atoms with E-state index in [1.807, 2.05) is 48.5 Å². The summed E-state index contributed by atoms with van der Waals surface area (Å²) in [4.78, 5) is 8.68. The molecular formula is C50H57F3N2S. The first-order valence-corrected chi connectivity index (χ1v) is 21.0. The van der Waals surface area contributed by atoms with Gasteiger partial charge in [-0.2, -0.15) is 0 Å². The largest absolute Gasteiger partial charge is 0.354 e. The standard InChI is InChI=1S/C50H57F3N2S/c1-47(2,3)36-21-13-32(14-22-36)40-29-43(34-17-25-38(26-18-34)49(7,8)9)54-45(40)42(31-56(51,52)53)46-41(33-15-23-37(24-16-33)48(4,5)6)30-44(55-46)35-19-27-39(28-20-35)50(10,11)12/h13-30,54H,31H2,1-12H3/b46-42-. The van der Waals surface area contributed by atoms with Crippen molar-refractivity contribution in [3.8, 4) is 22.4 Å². The van der Waals surface area contributed by atoms with Crippen LogP contribution in [0.25, 0.3) is 33.5 Å². The topological polar surface area (TPSA) is 28.1 Å². The molecule has 1 N–H and O–H groups in total. The van der Waals surface area contributed by atoms with Crippen molar-refractivity contribution in [2.45, 2.75) is 105 Å². The molecule has 0 amide bonds. The fraction of sp³-hybridized carbons (Fsp3) is 0.340. The van der Waals surface area contributed by atoms with E-state index < -0.39 is 16.9 Å². The Kier molecular flexibility index (Phi) is 10.8. The van der Waals surface area contributed by atoms with Gasteiger partial charge in [0.15, 0.2) is 0 Å². The number of rotatable bonds is 7. The van der Waals surface area contributed by atoms with Crippen LogP contribution in [0.2, 0.25) is 0 Å². The molecule has 0 bridgehead atoms. The number of halogens is 3. The normalized spacial score (nSPS) is 15.5. The summed E-state index contributed by atoms with van der Waals surface area (Å²) < 4.78 is 45.3. The predicted molar refractivity (Wildman–Crippen MR) is 237 cm³/mol. The number of nitrogens with one attached hydrogen (secondary N) is 1. The van der Waals surface area contributed by atoms with Crippen LogP contribution in [0.5, 0.6) is 0 Å². The summed E-state index contributed by atoms with van der Waals surface area (Å²) >= 11 is -5.52. The van der Waals surface area contributed by atoms with Gasteiger partial charge >= 0.3 is 0 Å². The van der Waals surface area contributed by atoms with E-state index in [1.54, 1.807) is 0 Å². The second-order valence-electron chi connectivity index (χ2n) is 19.3. The van der Waals surface area contributed by atoms with Gasteiger partial charge in [-0.15, -0.1) is 11.7 Å². The predicted octanol–water partition coefficient (Wildman–Crippen LogP) is 15.3. The Labute approximate surface area is 335 Å². The lowest BCUT2D eigenvalue weighted by molar-refractivity contribution is 0.590. The molecule has 0 aliphatic carbocycles. The van der Waals surface area contributed by atoms with Gasteiger partial charge in [0, 0.05) is 28.0 Å². The van der Waals surface area contributed by atoms with Crippen molar-refractivity contribution in [1.29, 1.82) is 0 Å². The first-order valence-electron chi connectivity index (χ1n) is 19.5. The quantitative estimate of drug-likeness (QED) is 0.171. The number of nitrogens with zero attached hydrogens (tertiary/aromatic N) is 1. The third-order valence-electron chi connectivity index (χ3n) is 10.7. The zero-order valence-electron chi connectivity index (χ0n) is 35.1. The van der Waals surface area contributed by atoms with Crippen molar-refractivity contribution in [3.63, 3.8) is 0 Å². The van der Waals surface area contributed by atoms with E-state index in [0.717, 1.165) is 39.1 Å². The molecule has 0 atom stereocenters. The number of aromatic amines is 1. The molecule has 0 radical (unpaired) electrons. The molecule has 2 nitrogen and oxygen atoms in total. The molecule has 0 spiro atoms. The molecular weight excluding hydrogens is 718 g/mol. The van der Waals surface area contributed by atoms with Crippen LogP contribution in [-0.4, -0.2) is 16.4 Å². The summed E-state index contributed by atoms with van der Waals surface area (Å²) in [6, 6.07) is 35.0. The molecule has 6 heteroatoms. The molecule has 0 saturated carbocycles. The number of benzene rings is 4. The number of hydrogen-bond donors (Lipinski definition) is 1. The fourth-order valence-corrected chi connectivity index (χ4v) is 7.71. The minimum absolute atomic E-state index is 0.0362. The van der Waals surface area contributed by atoms with Gasteiger partial charge in [-0.05, 0) is 72.7 Å². The number of aliphatic imine (C=N–C) groups is 1. The summed E-state index contributed by atoms with van der Waals surface area (Å²) in [6.45, 7) is 26.0. The molecule has 294 valence electrons. The van der Waals surface area contributed by atoms with Gasteiger partial charge in [0.2, 0.25) is 11.2 Å². The Morgan fingerprint density at radius 3 is 1.29 bits per heavy atom. The van der Waals surface area contributed by atoms with E-state index in [-0.39, 0.29) is 27.2 Å². The molecule has 1 aliphatic heterocycles. The Balaban J connectivity index is 1.63. The summed E-state index contributed by atoms with van der Waals surface area (Å²) in [5.74, 6) is -1.07. The molecule has 2 heterocycles. The molecule has 5 aromatic rings. The van der Waals surface area contributed by atoms with Gasteiger partial charge in [0.05, 0.1) is 22.9 Å². The summed E-state index contributed by atoms with van der Waals surface area (Å²) in [6.07, 6.45) is 1.96. The van der Waals surface area contributed by atoms with Gasteiger partial charge in [-0.25, -0.2) is 4.99 Å². The number of aromatic nitrogens is 1. The first kappa shape index (κ1) is 41.1. The second-order valence-corrected chi connectivity index (χ2v) is 20.6. The first-order chi connectivity index (χ1) is 25.9. The molecule has 0 saturated heterocycles. The highest BCUT2D eigenvalue weighted by Crippen LogP contribution is 2.57. The Bertz CT molecular complexity index is 2290. The van der Waals surface area contributed by atoms with Crippen molar-refractivity contribution in [2.75, 3.05) is 5.75 Å². The average molecular weight is 775 g/mol. The maximum Gasteiger partial charge on any atom is 0.213 e. The van der Waals surface area contributed by atoms with E-state index in [4.69, 9.17) is 4.99 Å². The van der Waals surface area contributed by atoms with Gasteiger partial charge < -0.3 is 4.98 Å². The summed E-state index contributed by atoms with van der Waals surface area (Å²) in [7, 11) is 0. The van der Waals surface area contributed by atoms with E-state index >= 15 is 11.7 Å². The second kappa shape index (κ2) is 14.8. The van der Waals surface area contributed by atoms with E-state index in [2.05, 4.69) is 149 Å². The van der Waals surface area contributed by atoms with Crippen LogP contribution in [0.3, 0.4) is 0 Å². The Morgan fingerprint density at radius 1 is 0.518 bits per heavy atom. The smallest absolute Gasteiger partial charge is 0.213 e. The molecule has 6 rings (SSSR count). The van der Waals surface area contributed by atoms with Crippen molar-refractivity contribution >= 4 is 28.0 Å². The van der Waals surface area contributed by atoms with Crippen LogP contribution >= 0.6 is 11.2 Å². The van der Waals surface area contributed by atoms with Crippen molar-refractivity contribution in [1.82, 2.24) is 4.98 Å². The monoisotopic (exact) mass is 774 g/mol. The number of allylic oxidation sites excluding steroid dienone is 2. The lowest BCUT2D eigenvalue weighted by Crippen LogP contribution is -2.11. The highest BCUT2D eigenvalue weighted by Gasteiger charge is 2.32. The third-order valence-corrected chi connectivity index (χ3v) is 11.3. The van der Waals surface area contributed by atoms with Crippen LogP contribution in [0.4, 0.5) is 11.7 Å². The van der Waals surface area contributed by atoms with E-state index in [0.29, 0.717) is 28.2 Å². The highest BCUT2D eigenvalue weighted by molar-refractivity contribution is 8.21. The zero-order valence-corrected chi connectivity index (χ0v) is 35.9. The molecule has 4 aromatic carbocycles. The summed E-state index contributed by atoms with van der Waals surface area (Å²) in [5.41, 5.74) is 11.6. The third kappa shape index (κ3) is 9.18. The van der Waals surface area contributed by atoms with Crippen molar-refractivity contribution in [2.24, 2.45) is 4.99 Å². The van der Waals surface area contributed by atoms with Crippen LogP contribution in [-0.2, 0) is 21.7 Å². The SMILES string of the molecule is CC(C)(C)c1ccc(C2=CC(c3ccc(C(C)(C)C)cc3)=N/C2=C(/CS(F)(F)F)c2[nH]c(-c3ccc(C(C)(C)C)cc3)cc2-c2ccc(C(C)(C)C)cc2)cc1. The number of hydrogen-bond acceptors (Lipinski definition) is 1. The maximum absolute atomic E-state index is 15.1. The lowest BCUT2D eigenvalue weighted by Gasteiger charge is -2.21. The van der Waals surface area contributed by atoms with Gasteiger partial charge in [-0.3, -0.25) is 0 Å². The minimum Gasteiger partial charge on any atom is -0.354 e. The molecule has 1 aromatic heterocycles. The van der Waals surface area contributed by atoms with Crippen LogP contribution in [0.1, 0.15) is 122 Å². The molecule has 1 aliphatic rings. The Morgan fingerprint density at radius 2 is 0.893 bits per heavy atom. The van der Waals surface area contributed by atoms with Crippen molar-refractivity contribution in [3.05, 3.63) is 154 Å². The van der Waals surface area contributed by atoms with Crippen molar-refractivity contribution < 1.29 is 11.7 Å². The van der Waals surface area contributed by atoms with Gasteiger partial charge in [-0.1, -0.05) is 180 Å². The van der Waals surface area contributed by atoms with E-state index in [1.165, 1.54) is 11.1 Å². The molecule has 0 fully saturated rings. The highest BCUT2D eigenvalue weighted by atomic mass is 32.3. The van der Waals surface area contributed by atoms with Crippen LogP contribution in [0.15, 0.2) is 120 Å². The van der Waals surface area contributed by atoms with Crippen LogP contribution in [0, 0.1) is 0 Å². The maximum atomic E-state index is 15.1.